The van der Waals surface area contributed by atoms with Gasteiger partial charge in [0.1, 0.15) is 11.3 Å². The highest BCUT2D eigenvalue weighted by Gasteiger charge is 2.29. The molecule has 2 aliphatic heterocycles. The molecule has 2 saturated heterocycles. The van der Waals surface area contributed by atoms with Crippen LogP contribution in [0.1, 0.15) is 31.5 Å². The number of imidazole rings is 1. The zero-order chi connectivity index (χ0) is 27.4. The Morgan fingerprint density at radius 1 is 1.10 bits per heavy atom. The summed E-state index contributed by atoms with van der Waals surface area (Å²) in [4.78, 5) is 25.1. The van der Waals surface area contributed by atoms with Gasteiger partial charge >= 0.3 is 0 Å². The number of aromatic nitrogens is 5. The number of nitrogens with one attached hydrogen (secondary N) is 1. The van der Waals surface area contributed by atoms with E-state index >= 15 is 0 Å². The summed E-state index contributed by atoms with van der Waals surface area (Å²) in [6.07, 6.45) is 0.110. The van der Waals surface area contributed by atoms with Crippen molar-refractivity contribution < 1.29 is 18.3 Å². The monoisotopic (exact) mass is 545 g/mol. The molecule has 0 saturated carbocycles. The van der Waals surface area contributed by atoms with Crippen LogP contribution >= 0.6 is 0 Å². The Balaban J connectivity index is 1.66. The van der Waals surface area contributed by atoms with Crippen molar-refractivity contribution in [3.63, 3.8) is 0 Å². The maximum Gasteiger partial charge on any atom is 0.296 e. The summed E-state index contributed by atoms with van der Waals surface area (Å²) in [7, 11) is 5.60. The second-order valence-electron chi connectivity index (χ2n) is 10.1. The molecule has 5 rings (SSSR count). The van der Waals surface area contributed by atoms with Crippen molar-refractivity contribution in [3.05, 3.63) is 24.0 Å². The van der Waals surface area contributed by atoms with Crippen molar-refractivity contribution in [1.82, 2.24) is 34.7 Å². The molecule has 0 spiro atoms. The standard InChI is InChI=1S/C26H37F2N9O2/c1-34(2)11-6-12-36(18-7-5-10-29-17-18)25-31-24(35-13-15-39-16-14-35)32-26(33-25)37-19-8-4-9-20(38-3)21(19)30-23(37)22(27)28/h4,8-9,18,22,29H,5-7,10-17H2,1-3H3. The lowest BCUT2D eigenvalue weighted by Crippen LogP contribution is -2.48. The van der Waals surface area contributed by atoms with E-state index in [1.165, 1.54) is 11.7 Å². The topological polar surface area (TPSA) is 96.7 Å². The van der Waals surface area contributed by atoms with Crippen molar-refractivity contribution >= 4 is 22.9 Å². The van der Waals surface area contributed by atoms with Crippen LogP contribution in [-0.4, -0.2) is 109 Å². The second kappa shape index (κ2) is 12.3. The predicted octanol–water partition coefficient (Wildman–Crippen LogP) is 2.50. The Bertz CT molecular complexity index is 1240. The predicted molar refractivity (Wildman–Crippen MR) is 145 cm³/mol. The molecule has 1 unspecified atom stereocenters. The number of alkyl halides is 2. The molecule has 13 heteroatoms. The fourth-order valence-corrected chi connectivity index (χ4v) is 5.19. The summed E-state index contributed by atoms with van der Waals surface area (Å²) in [5, 5.41) is 3.49. The van der Waals surface area contributed by atoms with E-state index in [0.29, 0.717) is 55.0 Å². The highest BCUT2D eigenvalue weighted by Crippen LogP contribution is 2.32. The van der Waals surface area contributed by atoms with E-state index in [9.17, 15) is 8.78 Å². The zero-order valence-electron chi connectivity index (χ0n) is 22.8. The molecule has 212 valence electrons. The molecule has 2 aliphatic rings. The molecule has 2 aromatic heterocycles. The highest BCUT2D eigenvalue weighted by atomic mass is 19.3. The van der Waals surface area contributed by atoms with Crippen molar-refractivity contribution in [2.45, 2.75) is 31.7 Å². The average molecular weight is 546 g/mol. The van der Waals surface area contributed by atoms with Crippen molar-refractivity contribution in [2.24, 2.45) is 0 Å². The number of para-hydroxylation sites is 1. The summed E-state index contributed by atoms with van der Waals surface area (Å²) in [5.41, 5.74) is 0.790. The minimum Gasteiger partial charge on any atom is -0.494 e. The molecule has 0 bridgehead atoms. The van der Waals surface area contributed by atoms with Crippen LogP contribution in [0.4, 0.5) is 20.7 Å². The summed E-state index contributed by atoms with van der Waals surface area (Å²) >= 11 is 0. The van der Waals surface area contributed by atoms with Gasteiger partial charge in [-0.1, -0.05) is 6.07 Å². The van der Waals surface area contributed by atoms with Gasteiger partial charge in [0.2, 0.25) is 17.8 Å². The van der Waals surface area contributed by atoms with Crippen LogP contribution in [-0.2, 0) is 4.74 Å². The maximum atomic E-state index is 14.4. The first-order valence-electron chi connectivity index (χ1n) is 13.5. The molecule has 3 aromatic rings. The molecule has 0 amide bonds. The summed E-state index contributed by atoms with van der Waals surface area (Å²) in [5.74, 6) is 1.03. The van der Waals surface area contributed by atoms with E-state index in [2.05, 4.69) is 20.1 Å². The number of fused-ring (bicyclic) bond motifs is 1. The van der Waals surface area contributed by atoms with Gasteiger partial charge in [-0.15, -0.1) is 0 Å². The number of methoxy groups -OCH3 is 1. The average Bonchev–Trinajstić information content (AvgIpc) is 3.36. The fourth-order valence-electron chi connectivity index (χ4n) is 5.19. The second-order valence-corrected chi connectivity index (χ2v) is 10.1. The third-order valence-corrected chi connectivity index (χ3v) is 7.16. The van der Waals surface area contributed by atoms with Gasteiger partial charge < -0.3 is 29.5 Å². The van der Waals surface area contributed by atoms with Crippen LogP contribution in [0, 0.1) is 0 Å². The van der Waals surface area contributed by atoms with Crippen molar-refractivity contribution in [2.75, 3.05) is 83.5 Å². The van der Waals surface area contributed by atoms with Crippen LogP contribution in [0.25, 0.3) is 17.0 Å². The molecule has 39 heavy (non-hydrogen) atoms. The zero-order valence-corrected chi connectivity index (χ0v) is 22.8. The number of nitrogens with zero attached hydrogens (tertiary/aromatic N) is 8. The Kier molecular flexibility index (Phi) is 8.68. The number of benzene rings is 1. The number of piperidine rings is 1. The van der Waals surface area contributed by atoms with Crippen LogP contribution in [0.2, 0.25) is 0 Å². The molecule has 1 atom stereocenters. The molecule has 0 radical (unpaired) electrons. The Labute approximate surface area is 227 Å². The summed E-state index contributed by atoms with van der Waals surface area (Å²) < 4.78 is 41.1. The van der Waals surface area contributed by atoms with Crippen LogP contribution in [0.5, 0.6) is 5.75 Å². The van der Waals surface area contributed by atoms with Gasteiger partial charge in [0.25, 0.3) is 6.43 Å². The lowest BCUT2D eigenvalue weighted by Gasteiger charge is -2.36. The Morgan fingerprint density at radius 3 is 2.59 bits per heavy atom. The molecule has 1 N–H and O–H groups in total. The van der Waals surface area contributed by atoms with Gasteiger partial charge in [0.15, 0.2) is 5.82 Å². The maximum absolute atomic E-state index is 14.4. The third-order valence-electron chi connectivity index (χ3n) is 7.16. The third kappa shape index (κ3) is 6.04. The van der Waals surface area contributed by atoms with Gasteiger partial charge in [-0.3, -0.25) is 4.57 Å². The summed E-state index contributed by atoms with van der Waals surface area (Å²) in [6, 6.07) is 5.37. The van der Waals surface area contributed by atoms with E-state index in [1.54, 1.807) is 18.2 Å². The number of anilines is 2. The highest BCUT2D eigenvalue weighted by molar-refractivity contribution is 5.84. The van der Waals surface area contributed by atoms with Crippen molar-refractivity contribution in [3.8, 4) is 11.7 Å². The normalized spacial score (nSPS) is 18.3. The van der Waals surface area contributed by atoms with Gasteiger partial charge in [0, 0.05) is 32.2 Å². The van der Waals surface area contributed by atoms with E-state index in [0.717, 1.165) is 45.4 Å². The number of hydrogen-bond acceptors (Lipinski definition) is 10. The molecular formula is C26H37F2N9O2. The van der Waals surface area contributed by atoms with Crippen LogP contribution in [0.15, 0.2) is 18.2 Å². The fraction of sp³-hybridized carbons (Fsp3) is 0.615. The molecule has 4 heterocycles. The Morgan fingerprint density at radius 2 is 1.90 bits per heavy atom. The van der Waals surface area contributed by atoms with E-state index in [4.69, 9.17) is 24.4 Å². The van der Waals surface area contributed by atoms with E-state index < -0.39 is 12.2 Å². The summed E-state index contributed by atoms with van der Waals surface area (Å²) in [6.45, 7) is 5.73. The minimum atomic E-state index is -2.84. The molecule has 0 aliphatic carbocycles. The minimum absolute atomic E-state index is 0.119. The molecule has 1 aromatic carbocycles. The van der Waals surface area contributed by atoms with Gasteiger partial charge in [0.05, 0.1) is 25.8 Å². The number of ether oxygens (including phenoxy) is 2. The number of halogens is 2. The Hall–Kier alpha value is -3.16. The van der Waals surface area contributed by atoms with E-state index in [1.807, 2.05) is 19.0 Å². The number of rotatable bonds is 10. The van der Waals surface area contributed by atoms with E-state index in [-0.39, 0.29) is 12.0 Å². The lowest BCUT2D eigenvalue weighted by atomic mass is 10.1. The van der Waals surface area contributed by atoms with Gasteiger partial charge in [-0.25, -0.2) is 13.8 Å². The molecule has 11 nitrogen and oxygen atoms in total. The van der Waals surface area contributed by atoms with Crippen molar-refractivity contribution in [1.29, 1.82) is 0 Å². The smallest absolute Gasteiger partial charge is 0.296 e. The molecule has 2 fully saturated rings. The first kappa shape index (κ1) is 27.4. The van der Waals surface area contributed by atoms with Gasteiger partial charge in [-0.05, 0) is 58.6 Å². The number of morpholine rings is 1. The van der Waals surface area contributed by atoms with Crippen LogP contribution in [0.3, 0.4) is 0 Å². The lowest BCUT2D eigenvalue weighted by molar-refractivity contribution is 0.122. The quantitative estimate of drug-likeness (QED) is 0.409. The van der Waals surface area contributed by atoms with Crippen LogP contribution < -0.4 is 19.9 Å². The number of hydrogen-bond donors (Lipinski definition) is 1. The SMILES string of the molecule is COc1cccc2c1nc(C(F)F)n2-c1nc(N2CCOCC2)nc(N(CCCN(C)C)C2CCCNC2)n1. The first-order chi connectivity index (χ1) is 19.0. The van der Waals surface area contributed by atoms with Gasteiger partial charge in [-0.2, -0.15) is 15.0 Å². The first-order valence-corrected chi connectivity index (χ1v) is 13.5. The molecular weight excluding hydrogens is 508 g/mol. The largest absolute Gasteiger partial charge is 0.494 e.